The summed E-state index contributed by atoms with van der Waals surface area (Å²) >= 11 is 0. The lowest BCUT2D eigenvalue weighted by Gasteiger charge is -2.19. The number of hydrogen-bond donors (Lipinski definition) is 1. The average Bonchev–Trinajstić information content (AvgIpc) is 2.86. The molecule has 1 saturated heterocycles. The van der Waals surface area contributed by atoms with Crippen molar-refractivity contribution in [2.45, 2.75) is 38.8 Å². The Kier molecular flexibility index (Phi) is 3.29. The second kappa shape index (κ2) is 4.70. The third kappa shape index (κ3) is 2.27. The molecule has 0 aliphatic carbocycles. The van der Waals surface area contributed by atoms with E-state index in [9.17, 15) is 4.79 Å². The summed E-state index contributed by atoms with van der Waals surface area (Å²) < 4.78 is 10.7. The topological polar surface area (TPSA) is 51.5 Å². The lowest BCUT2D eigenvalue weighted by Crippen LogP contribution is -2.40. The van der Waals surface area contributed by atoms with E-state index in [0.29, 0.717) is 5.76 Å². The number of carbonyl (C=O) groups excluding carboxylic acids is 1. The first kappa shape index (κ1) is 11.2. The van der Waals surface area contributed by atoms with Gasteiger partial charge in [-0.15, -0.1) is 0 Å². The van der Waals surface area contributed by atoms with E-state index in [1.54, 1.807) is 6.07 Å². The summed E-state index contributed by atoms with van der Waals surface area (Å²) in [5, 5.41) is 2.91. The predicted octanol–water partition coefficient (Wildman–Crippen LogP) is 1.89. The summed E-state index contributed by atoms with van der Waals surface area (Å²) in [6.07, 6.45) is 3.75. The third-order valence-electron chi connectivity index (χ3n) is 2.95. The van der Waals surface area contributed by atoms with Crippen LogP contribution >= 0.6 is 0 Å². The van der Waals surface area contributed by atoms with Crippen molar-refractivity contribution in [3.05, 3.63) is 23.7 Å². The molecular weight excluding hydrogens is 206 g/mol. The molecule has 16 heavy (non-hydrogen) atoms. The van der Waals surface area contributed by atoms with Crippen LogP contribution in [0.25, 0.3) is 0 Å². The quantitative estimate of drug-likeness (QED) is 0.851. The van der Waals surface area contributed by atoms with Gasteiger partial charge in [0.1, 0.15) is 0 Å². The smallest absolute Gasteiger partial charge is 0.287 e. The number of carbonyl (C=O) groups is 1. The maximum absolute atomic E-state index is 11.8. The molecule has 1 fully saturated rings. The lowest BCUT2D eigenvalue weighted by molar-refractivity contribution is 0.0696. The number of nitrogens with one attached hydrogen (secondary N) is 1. The summed E-state index contributed by atoms with van der Waals surface area (Å²) in [7, 11) is 0. The largest absolute Gasteiger partial charge is 0.459 e. The number of furan rings is 1. The van der Waals surface area contributed by atoms with Gasteiger partial charge in [-0.25, -0.2) is 0 Å². The summed E-state index contributed by atoms with van der Waals surface area (Å²) in [5.74, 6) is 0.232. The van der Waals surface area contributed by atoms with E-state index in [0.717, 1.165) is 25.0 Å². The normalized spacial score (nSPS) is 22.0. The fraction of sp³-hybridized carbons (Fsp3) is 0.583. The van der Waals surface area contributed by atoms with Crippen LogP contribution in [-0.2, 0) is 4.74 Å². The molecule has 0 unspecified atom stereocenters. The van der Waals surface area contributed by atoms with Gasteiger partial charge in [0.2, 0.25) is 0 Å². The highest BCUT2D eigenvalue weighted by molar-refractivity contribution is 5.92. The molecule has 1 aromatic rings. The number of ether oxygens (including phenoxy) is 1. The van der Waals surface area contributed by atoms with Crippen molar-refractivity contribution in [2.24, 2.45) is 0 Å². The van der Waals surface area contributed by atoms with Crippen molar-refractivity contribution in [1.82, 2.24) is 5.32 Å². The van der Waals surface area contributed by atoms with Gasteiger partial charge in [0, 0.05) is 12.2 Å². The molecule has 4 heteroatoms. The Morgan fingerprint density at radius 2 is 2.44 bits per heavy atom. The Bertz CT molecular complexity index is 366. The standard InChI is InChI=1S/C12H17NO3/c1-8-5-7-16-11(8)12(14)13-9(2)10-4-3-6-15-10/h5,7,9-10H,3-4,6H2,1-2H3,(H,13,14)/t9-,10-/m0/s1. The van der Waals surface area contributed by atoms with Crippen molar-refractivity contribution < 1.29 is 13.9 Å². The van der Waals surface area contributed by atoms with Crippen LogP contribution < -0.4 is 5.32 Å². The van der Waals surface area contributed by atoms with Crippen LogP contribution in [0.2, 0.25) is 0 Å². The molecule has 0 saturated carbocycles. The molecule has 1 aliphatic heterocycles. The zero-order valence-electron chi connectivity index (χ0n) is 9.66. The summed E-state index contributed by atoms with van der Waals surface area (Å²) in [4.78, 5) is 11.8. The zero-order valence-corrected chi connectivity index (χ0v) is 9.66. The van der Waals surface area contributed by atoms with Crippen molar-refractivity contribution in [2.75, 3.05) is 6.61 Å². The highest BCUT2D eigenvalue weighted by Gasteiger charge is 2.25. The molecule has 4 nitrogen and oxygen atoms in total. The molecule has 0 aromatic carbocycles. The fourth-order valence-corrected chi connectivity index (χ4v) is 1.97. The monoisotopic (exact) mass is 223 g/mol. The molecule has 0 radical (unpaired) electrons. The van der Waals surface area contributed by atoms with Gasteiger partial charge in [-0.05, 0) is 32.8 Å². The van der Waals surface area contributed by atoms with Gasteiger partial charge < -0.3 is 14.5 Å². The zero-order chi connectivity index (χ0) is 11.5. The highest BCUT2D eigenvalue weighted by Crippen LogP contribution is 2.16. The first-order valence-electron chi connectivity index (χ1n) is 5.65. The van der Waals surface area contributed by atoms with Crippen molar-refractivity contribution in [3.63, 3.8) is 0 Å². The minimum Gasteiger partial charge on any atom is -0.459 e. The van der Waals surface area contributed by atoms with Gasteiger partial charge in [0.15, 0.2) is 5.76 Å². The van der Waals surface area contributed by atoms with Crippen LogP contribution in [0.4, 0.5) is 0 Å². The van der Waals surface area contributed by atoms with Crippen molar-refractivity contribution >= 4 is 5.91 Å². The van der Waals surface area contributed by atoms with E-state index in [4.69, 9.17) is 9.15 Å². The molecule has 0 bridgehead atoms. The summed E-state index contributed by atoms with van der Waals surface area (Å²) in [6.45, 7) is 4.62. The number of aryl methyl sites for hydroxylation is 1. The first-order chi connectivity index (χ1) is 7.68. The third-order valence-corrected chi connectivity index (χ3v) is 2.95. The maximum atomic E-state index is 11.8. The van der Waals surface area contributed by atoms with Crippen LogP contribution in [0.5, 0.6) is 0 Å². The van der Waals surface area contributed by atoms with Crippen LogP contribution in [0.3, 0.4) is 0 Å². The van der Waals surface area contributed by atoms with Crippen molar-refractivity contribution in [3.8, 4) is 0 Å². The van der Waals surface area contributed by atoms with Crippen LogP contribution in [0.15, 0.2) is 16.7 Å². The van der Waals surface area contributed by atoms with E-state index in [2.05, 4.69) is 5.32 Å². The van der Waals surface area contributed by atoms with Crippen LogP contribution in [0, 0.1) is 6.92 Å². The molecule has 2 heterocycles. The summed E-state index contributed by atoms with van der Waals surface area (Å²) in [6, 6.07) is 1.81. The molecule has 2 atom stereocenters. The Balaban J connectivity index is 1.94. The first-order valence-corrected chi connectivity index (χ1v) is 5.65. The van der Waals surface area contributed by atoms with Crippen LogP contribution in [-0.4, -0.2) is 24.7 Å². The van der Waals surface area contributed by atoms with Gasteiger partial charge in [-0.3, -0.25) is 4.79 Å². The van der Waals surface area contributed by atoms with E-state index in [1.165, 1.54) is 6.26 Å². The lowest BCUT2D eigenvalue weighted by atomic mass is 10.1. The summed E-state index contributed by atoms with van der Waals surface area (Å²) in [5.41, 5.74) is 0.858. The molecule has 88 valence electrons. The highest BCUT2D eigenvalue weighted by atomic mass is 16.5. The number of amides is 1. The molecule has 1 aliphatic rings. The average molecular weight is 223 g/mol. The van der Waals surface area contributed by atoms with E-state index >= 15 is 0 Å². The van der Waals surface area contributed by atoms with E-state index < -0.39 is 0 Å². The fourth-order valence-electron chi connectivity index (χ4n) is 1.97. The minimum atomic E-state index is -0.162. The van der Waals surface area contributed by atoms with Crippen molar-refractivity contribution in [1.29, 1.82) is 0 Å². The van der Waals surface area contributed by atoms with Gasteiger partial charge in [0.05, 0.1) is 18.4 Å². The SMILES string of the molecule is Cc1ccoc1C(=O)N[C@@H](C)[C@@H]1CCCO1. The van der Waals surface area contributed by atoms with Gasteiger partial charge >= 0.3 is 0 Å². The minimum absolute atomic E-state index is 0.0273. The number of hydrogen-bond acceptors (Lipinski definition) is 3. The Labute approximate surface area is 95.0 Å². The van der Waals surface area contributed by atoms with Gasteiger partial charge in [0.25, 0.3) is 5.91 Å². The number of rotatable bonds is 3. The molecule has 1 N–H and O–H groups in total. The molecule has 0 spiro atoms. The molecule has 2 rings (SSSR count). The van der Waals surface area contributed by atoms with Gasteiger partial charge in [-0.1, -0.05) is 0 Å². The predicted molar refractivity (Wildman–Crippen MR) is 59.3 cm³/mol. The second-order valence-electron chi connectivity index (χ2n) is 4.25. The maximum Gasteiger partial charge on any atom is 0.287 e. The second-order valence-corrected chi connectivity index (χ2v) is 4.25. The van der Waals surface area contributed by atoms with E-state index in [-0.39, 0.29) is 18.1 Å². The van der Waals surface area contributed by atoms with Crippen LogP contribution in [0.1, 0.15) is 35.9 Å². The molecule has 1 aromatic heterocycles. The Morgan fingerprint density at radius 1 is 1.62 bits per heavy atom. The van der Waals surface area contributed by atoms with Gasteiger partial charge in [-0.2, -0.15) is 0 Å². The van der Waals surface area contributed by atoms with E-state index in [1.807, 2.05) is 13.8 Å². The Hall–Kier alpha value is -1.29. The molecular formula is C12H17NO3. The molecule has 1 amide bonds. The Morgan fingerprint density at radius 3 is 3.00 bits per heavy atom.